The highest BCUT2D eigenvalue weighted by Crippen LogP contribution is 2.59. The van der Waals surface area contributed by atoms with Crippen LogP contribution in [0.2, 0.25) is 0 Å². The summed E-state index contributed by atoms with van der Waals surface area (Å²) in [6.07, 6.45) is 3.84. The van der Waals surface area contributed by atoms with Crippen LogP contribution in [0.1, 0.15) is 44.9 Å². The van der Waals surface area contributed by atoms with Crippen LogP contribution in [-0.4, -0.2) is 58.1 Å². The van der Waals surface area contributed by atoms with Crippen molar-refractivity contribution in [2.24, 2.45) is 35.5 Å². The maximum absolute atomic E-state index is 12.6. The molecule has 8 atom stereocenters. The van der Waals surface area contributed by atoms with Gasteiger partial charge < -0.3 is 24.4 Å². The Morgan fingerprint density at radius 1 is 1.10 bits per heavy atom. The molecule has 6 bridgehead atoms. The lowest BCUT2D eigenvalue weighted by Crippen LogP contribution is -2.60. The van der Waals surface area contributed by atoms with Gasteiger partial charge in [0.1, 0.15) is 11.7 Å². The molecule has 0 amide bonds. The number of aliphatic hydroxyl groups excluding tert-OH is 1. The fourth-order valence-corrected chi connectivity index (χ4v) is 8.09. The highest BCUT2D eigenvalue weighted by molar-refractivity contribution is 5.87. The zero-order valence-corrected chi connectivity index (χ0v) is 16.1. The second-order valence-corrected chi connectivity index (χ2v) is 10.5. The normalized spacial score (nSPS) is 53.2. The molecule has 0 aromatic carbocycles. The molecular weight excluding hydrogens is 380 g/mol. The largest absolute Gasteiger partial charge is 0.459 e. The monoisotopic (exact) mass is 406 g/mol. The Morgan fingerprint density at radius 3 is 2.52 bits per heavy atom. The number of hydrogen-bond acceptors (Lipinski definition) is 8. The third-order valence-electron chi connectivity index (χ3n) is 8.49. The number of ether oxygens (including phenoxy) is 3. The maximum Gasteiger partial charge on any atom is 0.344 e. The average Bonchev–Trinajstić information content (AvgIpc) is 3.21. The molecular formula is C21H26O8. The lowest BCUT2D eigenvalue weighted by molar-refractivity contribution is -0.222. The van der Waals surface area contributed by atoms with Crippen LogP contribution in [0, 0.1) is 35.5 Å². The number of rotatable bonds is 4. The minimum Gasteiger partial charge on any atom is -0.459 e. The third kappa shape index (κ3) is 2.54. The van der Waals surface area contributed by atoms with E-state index in [0.29, 0.717) is 24.7 Å². The first-order valence-corrected chi connectivity index (χ1v) is 10.8. The van der Waals surface area contributed by atoms with Gasteiger partial charge in [-0.3, -0.25) is 9.59 Å². The number of fused-ring (bicyclic) bond motifs is 1. The van der Waals surface area contributed by atoms with Crippen LogP contribution in [0.5, 0.6) is 0 Å². The van der Waals surface area contributed by atoms with Gasteiger partial charge in [0.25, 0.3) is 0 Å². The predicted molar refractivity (Wildman–Crippen MR) is 93.9 cm³/mol. The summed E-state index contributed by atoms with van der Waals surface area (Å²) in [5, 5.41) is 21.1. The van der Waals surface area contributed by atoms with E-state index in [9.17, 15) is 24.6 Å². The first-order chi connectivity index (χ1) is 13.8. The van der Waals surface area contributed by atoms with Crippen molar-refractivity contribution in [3.8, 4) is 0 Å². The summed E-state index contributed by atoms with van der Waals surface area (Å²) >= 11 is 0. The van der Waals surface area contributed by atoms with E-state index < -0.39 is 59.8 Å². The summed E-state index contributed by atoms with van der Waals surface area (Å²) in [5.74, 6) is -2.77. The first-order valence-electron chi connectivity index (χ1n) is 10.8. The minimum absolute atomic E-state index is 0.139. The van der Waals surface area contributed by atoms with E-state index in [-0.39, 0.29) is 11.8 Å². The van der Waals surface area contributed by atoms with Crippen LogP contribution in [0.15, 0.2) is 0 Å². The van der Waals surface area contributed by atoms with Crippen molar-refractivity contribution in [1.82, 2.24) is 0 Å². The topological polar surface area (TPSA) is 119 Å². The molecule has 6 saturated carbocycles. The van der Waals surface area contributed by atoms with Crippen LogP contribution in [-0.2, 0) is 28.6 Å². The van der Waals surface area contributed by atoms with Crippen LogP contribution < -0.4 is 0 Å². The maximum atomic E-state index is 12.6. The zero-order chi connectivity index (χ0) is 20.1. The average molecular weight is 406 g/mol. The minimum atomic E-state index is -0.847. The molecule has 0 radical (unpaired) electrons. The van der Waals surface area contributed by atoms with E-state index in [4.69, 9.17) is 14.2 Å². The molecule has 6 aliphatic carbocycles. The van der Waals surface area contributed by atoms with Gasteiger partial charge in [-0.15, -0.1) is 0 Å². The first kappa shape index (κ1) is 18.1. The molecule has 7 aliphatic rings. The van der Waals surface area contributed by atoms with Gasteiger partial charge in [-0.25, -0.2) is 4.79 Å². The SMILES string of the molecule is O=C(COC(=O)C1C2CC3C(OC(=O)C31)C2O)OC12CC3CC(CC(O)(C3)C1)C2. The van der Waals surface area contributed by atoms with Gasteiger partial charge in [0.15, 0.2) is 6.61 Å². The van der Waals surface area contributed by atoms with Crippen LogP contribution in [0.3, 0.4) is 0 Å². The van der Waals surface area contributed by atoms with E-state index in [1.807, 2.05) is 0 Å². The van der Waals surface area contributed by atoms with Crippen LogP contribution >= 0.6 is 0 Å². The lowest BCUT2D eigenvalue weighted by Gasteiger charge is -2.59. The molecule has 29 heavy (non-hydrogen) atoms. The van der Waals surface area contributed by atoms with Gasteiger partial charge in [0, 0.05) is 18.3 Å². The summed E-state index contributed by atoms with van der Waals surface area (Å²) in [4.78, 5) is 37.2. The Kier molecular flexibility index (Phi) is 3.58. The van der Waals surface area contributed by atoms with E-state index in [1.165, 1.54) is 0 Å². The molecule has 1 heterocycles. The van der Waals surface area contributed by atoms with Crippen molar-refractivity contribution in [3.05, 3.63) is 0 Å². The van der Waals surface area contributed by atoms with Gasteiger partial charge in [-0.1, -0.05) is 0 Å². The van der Waals surface area contributed by atoms with Crippen molar-refractivity contribution < 1.29 is 38.8 Å². The summed E-state index contributed by atoms with van der Waals surface area (Å²) in [5.41, 5.74) is -1.38. The molecule has 8 nitrogen and oxygen atoms in total. The highest BCUT2D eigenvalue weighted by Gasteiger charge is 2.68. The van der Waals surface area contributed by atoms with Crippen molar-refractivity contribution >= 4 is 17.9 Å². The molecule has 0 aromatic rings. The van der Waals surface area contributed by atoms with Crippen molar-refractivity contribution in [1.29, 1.82) is 0 Å². The van der Waals surface area contributed by atoms with E-state index in [1.54, 1.807) is 0 Å². The molecule has 7 rings (SSSR count). The number of hydrogen-bond donors (Lipinski definition) is 2. The fraction of sp³-hybridized carbons (Fsp3) is 0.857. The second-order valence-electron chi connectivity index (χ2n) is 10.5. The number of esters is 3. The Bertz CT molecular complexity index is 778. The summed E-state index contributed by atoms with van der Waals surface area (Å²) in [6.45, 7) is -0.510. The van der Waals surface area contributed by atoms with E-state index in [0.717, 1.165) is 32.1 Å². The summed E-state index contributed by atoms with van der Waals surface area (Å²) in [7, 11) is 0. The molecule has 0 aromatic heterocycles. The van der Waals surface area contributed by atoms with Crippen molar-refractivity contribution in [2.45, 2.75) is 68.4 Å². The van der Waals surface area contributed by atoms with E-state index >= 15 is 0 Å². The standard InChI is InChI=1S/C21H26O8/c22-13(29-21-5-9-1-10(6-21)4-20(26,3-9)8-21)7-27-18(24)14-11-2-12-15(14)19(25)28-17(12)16(11)23/h9-12,14-17,23,26H,1-8H2. The molecule has 7 fully saturated rings. The Hall–Kier alpha value is -1.67. The molecule has 2 N–H and O–H groups in total. The van der Waals surface area contributed by atoms with Crippen LogP contribution in [0.4, 0.5) is 0 Å². The van der Waals surface area contributed by atoms with Crippen molar-refractivity contribution in [3.63, 3.8) is 0 Å². The number of carbonyl (C=O) groups excluding carboxylic acids is 3. The van der Waals surface area contributed by atoms with Crippen molar-refractivity contribution in [2.75, 3.05) is 6.61 Å². The number of carbonyl (C=O) groups is 3. The molecule has 1 saturated heterocycles. The fourth-order valence-electron chi connectivity index (χ4n) is 8.09. The highest BCUT2D eigenvalue weighted by atomic mass is 16.6. The molecule has 0 spiro atoms. The Morgan fingerprint density at radius 2 is 1.83 bits per heavy atom. The quantitative estimate of drug-likeness (QED) is 0.506. The molecule has 1 aliphatic heterocycles. The molecule has 8 unspecified atom stereocenters. The smallest absolute Gasteiger partial charge is 0.344 e. The zero-order valence-electron chi connectivity index (χ0n) is 16.1. The Labute approximate surface area is 167 Å². The third-order valence-corrected chi connectivity index (χ3v) is 8.49. The van der Waals surface area contributed by atoms with Crippen LogP contribution in [0.25, 0.3) is 0 Å². The van der Waals surface area contributed by atoms with Gasteiger partial charge in [0.2, 0.25) is 0 Å². The Balaban J connectivity index is 1.09. The lowest BCUT2D eigenvalue weighted by atomic mass is 9.52. The number of aliphatic hydroxyl groups is 2. The second kappa shape index (κ2) is 5.72. The molecule has 8 heteroatoms. The predicted octanol–water partition coefficient (Wildman–Crippen LogP) is 0.325. The molecule has 158 valence electrons. The summed E-state index contributed by atoms with van der Waals surface area (Å²) < 4.78 is 16.2. The van der Waals surface area contributed by atoms with Gasteiger partial charge in [0.05, 0.1) is 23.5 Å². The van der Waals surface area contributed by atoms with Gasteiger partial charge in [-0.2, -0.15) is 0 Å². The summed E-state index contributed by atoms with van der Waals surface area (Å²) in [6, 6.07) is 0. The van der Waals surface area contributed by atoms with E-state index in [2.05, 4.69) is 0 Å². The van der Waals surface area contributed by atoms with Gasteiger partial charge >= 0.3 is 17.9 Å². The van der Waals surface area contributed by atoms with Gasteiger partial charge in [-0.05, 0) is 50.4 Å².